The van der Waals surface area contributed by atoms with Crippen LogP contribution < -0.4 is 0 Å². The lowest BCUT2D eigenvalue weighted by atomic mass is 9.83. The third kappa shape index (κ3) is 4.12. The molecule has 1 aromatic rings. The number of nitrogens with zero attached hydrogens (tertiary/aromatic N) is 1. The van der Waals surface area contributed by atoms with Crippen LogP contribution in [0, 0.1) is 0 Å². The number of amides is 1. The molecule has 3 rings (SSSR count). The van der Waals surface area contributed by atoms with E-state index in [9.17, 15) is 4.79 Å². The molecule has 0 radical (unpaired) electrons. The summed E-state index contributed by atoms with van der Waals surface area (Å²) in [7, 11) is 1.69. The van der Waals surface area contributed by atoms with E-state index in [2.05, 4.69) is 0 Å². The highest BCUT2D eigenvalue weighted by Gasteiger charge is 2.41. The Bertz CT molecular complexity index is 497. The second-order valence-corrected chi connectivity index (χ2v) is 7.23. The number of carbonyl (C=O) groups excluding carboxylic acids is 1. The quantitative estimate of drug-likeness (QED) is 0.774. The monoisotopic (exact) mass is 339 g/mol. The van der Waals surface area contributed by atoms with Crippen molar-refractivity contribution in [3.05, 3.63) is 22.4 Å². The van der Waals surface area contributed by atoms with Gasteiger partial charge in [-0.05, 0) is 30.7 Å². The summed E-state index contributed by atoms with van der Waals surface area (Å²) in [6.07, 6.45) is 3.92. The van der Waals surface area contributed by atoms with Crippen molar-refractivity contribution < 1.29 is 19.0 Å². The number of methoxy groups -OCH3 is 1. The average Bonchev–Trinajstić information content (AvgIpc) is 3.10. The summed E-state index contributed by atoms with van der Waals surface area (Å²) < 4.78 is 17.1. The minimum atomic E-state index is -0.109. The lowest BCUT2D eigenvalue weighted by molar-refractivity contribution is -0.154. The van der Waals surface area contributed by atoms with E-state index in [1.807, 2.05) is 22.4 Å². The Hall–Kier alpha value is -0.950. The molecular formula is C17H25NO4S. The molecule has 0 aliphatic carbocycles. The number of likely N-dealkylation sites (tertiary alicyclic amines) is 1. The summed E-state index contributed by atoms with van der Waals surface area (Å²) in [6, 6.07) is 3.82. The van der Waals surface area contributed by atoms with Gasteiger partial charge in [0, 0.05) is 33.2 Å². The first-order valence-electron chi connectivity index (χ1n) is 8.30. The van der Waals surface area contributed by atoms with Gasteiger partial charge in [-0.25, -0.2) is 0 Å². The molecule has 2 fully saturated rings. The third-order valence-corrected chi connectivity index (χ3v) is 5.64. The summed E-state index contributed by atoms with van der Waals surface area (Å²) in [5.41, 5.74) is -0.109. The van der Waals surface area contributed by atoms with Gasteiger partial charge >= 0.3 is 0 Å². The largest absolute Gasteiger partial charge is 0.382 e. The smallest absolute Gasteiger partial charge is 0.263 e. The van der Waals surface area contributed by atoms with E-state index in [1.54, 1.807) is 7.11 Å². The number of rotatable bonds is 5. The lowest BCUT2D eigenvalue weighted by Crippen LogP contribution is -2.52. The fourth-order valence-corrected chi connectivity index (χ4v) is 4.14. The van der Waals surface area contributed by atoms with Crippen LogP contribution in [0.3, 0.4) is 0 Å². The molecule has 0 N–H and O–H groups in total. The molecule has 1 amide bonds. The SMILES string of the molecule is COCCOC1CCOC2(CCN(C(=O)c3cccs3)CC2)C1. The van der Waals surface area contributed by atoms with Crippen molar-refractivity contribution in [3.8, 4) is 0 Å². The molecule has 0 bridgehead atoms. The zero-order valence-electron chi connectivity index (χ0n) is 13.7. The predicted molar refractivity (Wildman–Crippen MR) is 89.0 cm³/mol. The molecule has 1 spiro atoms. The standard InChI is InChI=1S/C17H25NO4S/c1-20-10-11-21-14-4-9-22-17(13-14)5-7-18(8-6-17)16(19)15-3-2-12-23-15/h2-3,12,14H,4-11,13H2,1H3. The van der Waals surface area contributed by atoms with E-state index in [4.69, 9.17) is 14.2 Å². The molecule has 23 heavy (non-hydrogen) atoms. The fourth-order valence-electron chi connectivity index (χ4n) is 3.45. The van der Waals surface area contributed by atoms with E-state index in [0.717, 1.165) is 50.3 Å². The molecule has 2 aliphatic heterocycles. The number of thiophene rings is 1. The van der Waals surface area contributed by atoms with Crippen molar-refractivity contribution in [1.82, 2.24) is 4.90 Å². The molecule has 1 aromatic heterocycles. The van der Waals surface area contributed by atoms with Gasteiger partial charge in [0.05, 0.1) is 29.8 Å². The van der Waals surface area contributed by atoms with Crippen molar-refractivity contribution in [2.45, 2.75) is 37.4 Å². The van der Waals surface area contributed by atoms with Crippen LogP contribution >= 0.6 is 11.3 Å². The maximum Gasteiger partial charge on any atom is 0.263 e. The lowest BCUT2D eigenvalue weighted by Gasteiger charge is -2.46. The normalized spacial score (nSPS) is 24.0. The maximum absolute atomic E-state index is 12.4. The third-order valence-electron chi connectivity index (χ3n) is 4.78. The Kier molecular flexibility index (Phi) is 5.69. The minimum absolute atomic E-state index is 0.109. The minimum Gasteiger partial charge on any atom is -0.382 e. The van der Waals surface area contributed by atoms with Gasteiger partial charge in [0.1, 0.15) is 0 Å². The van der Waals surface area contributed by atoms with Crippen LogP contribution in [0.1, 0.15) is 35.4 Å². The van der Waals surface area contributed by atoms with Crippen molar-refractivity contribution >= 4 is 17.2 Å². The molecule has 2 aliphatic rings. The Balaban J connectivity index is 1.52. The zero-order valence-corrected chi connectivity index (χ0v) is 14.5. The summed E-state index contributed by atoms with van der Waals surface area (Å²) in [6.45, 7) is 3.55. The van der Waals surface area contributed by atoms with Crippen LogP contribution in [-0.2, 0) is 14.2 Å². The zero-order chi connectivity index (χ0) is 16.1. The topological polar surface area (TPSA) is 48.0 Å². The van der Waals surface area contributed by atoms with Gasteiger partial charge in [0.25, 0.3) is 5.91 Å². The van der Waals surface area contributed by atoms with Gasteiger partial charge in [-0.15, -0.1) is 11.3 Å². The van der Waals surface area contributed by atoms with Gasteiger partial charge in [0.15, 0.2) is 0 Å². The Labute approximate surface area is 141 Å². The van der Waals surface area contributed by atoms with Gasteiger partial charge in [0.2, 0.25) is 0 Å². The highest BCUT2D eigenvalue weighted by Crippen LogP contribution is 2.36. The summed E-state index contributed by atoms with van der Waals surface area (Å²) in [4.78, 5) is 15.2. The van der Waals surface area contributed by atoms with Crippen LogP contribution in [-0.4, -0.2) is 62.5 Å². The average molecular weight is 339 g/mol. The van der Waals surface area contributed by atoms with E-state index in [1.165, 1.54) is 11.3 Å². The molecule has 1 atom stereocenters. The van der Waals surface area contributed by atoms with E-state index < -0.39 is 0 Å². The van der Waals surface area contributed by atoms with Crippen molar-refractivity contribution in [1.29, 1.82) is 0 Å². The Morgan fingerprint density at radius 1 is 1.43 bits per heavy atom. The molecule has 2 saturated heterocycles. The maximum atomic E-state index is 12.4. The number of carbonyl (C=O) groups is 1. The van der Waals surface area contributed by atoms with E-state index >= 15 is 0 Å². The van der Waals surface area contributed by atoms with Crippen molar-refractivity contribution in [2.24, 2.45) is 0 Å². The van der Waals surface area contributed by atoms with Crippen molar-refractivity contribution in [2.75, 3.05) is 40.0 Å². The Morgan fingerprint density at radius 2 is 2.26 bits per heavy atom. The molecule has 3 heterocycles. The van der Waals surface area contributed by atoms with E-state index in [0.29, 0.717) is 13.2 Å². The number of hydrogen-bond donors (Lipinski definition) is 0. The molecule has 0 saturated carbocycles. The fraction of sp³-hybridized carbons (Fsp3) is 0.706. The van der Waals surface area contributed by atoms with Crippen LogP contribution in [0.2, 0.25) is 0 Å². The first-order chi connectivity index (χ1) is 11.2. The van der Waals surface area contributed by atoms with Gasteiger partial charge in [-0.2, -0.15) is 0 Å². The highest BCUT2D eigenvalue weighted by atomic mass is 32.1. The highest BCUT2D eigenvalue weighted by molar-refractivity contribution is 7.12. The summed E-state index contributed by atoms with van der Waals surface area (Å²) in [5.74, 6) is 0.151. The van der Waals surface area contributed by atoms with Gasteiger partial charge in [-0.1, -0.05) is 6.07 Å². The molecule has 128 valence electrons. The van der Waals surface area contributed by atoms with Gasteiger partial charge in [-0.3, -0.25) is 4.79 Å². The summed E-state index contributed by atoms with van der Waals surface area (Å²) in [5, 5.41) is 1.95. The Morgan fingerprint density at radius 3 is 2.96 bits per heavy atom. The van der Waals surface area contributed by atoms with E-state index in [-0.39, 0.29) is 17.6 Å². The molecule has 1 unspecified atom stereocenters. The molecular weight excluding hydrogens is 314 g/mol. The number of ether oxygens (including phenoxy) is 3. The van der Waals surface area contributed by atoms with Crippen LogP contribution in [0.25, 0.3) is 0 Å². The second-order valence-electron chi connectivity index (χ2n) is 6.28. The summed E-state index contributed by atoms with van der Waals surface area (Å²) >= 11 is 1.51. The van der Waals surface area contributed by atoms with Crippen LogP contribution in [0.5, 0.6) is 0 Å². The first-order valence-corrected chi connectivity index (χ1v) is 9.18. The van der Waals surface area contributed by atoms with Gasteiger partial charge < -0.3 is 19.1 Å². The molecule has 0 aromatic carbocycles. The van der Waals surface area contributed by atoms with Crippen molar-refractivity contribution in [3.63, 3.8) is 0 Å². The van der Waals surface area contributed by atoms with Crippen LogP contribution in [0.15, 0.2) is 17.5 Å². The molecule has 6 heteroatoms. The van der Waals surface area contributed by atoms with Crippen LogP contribution in [0.4, 0.5) is 0 Å². The number of hydrogen-bond acceptors (Lipinski definition) is 5. The number of piperidine rings is 1. The predicted octanol–water partition coefficient (Wildman–Crippen LogP) is 2.56. The first kappa shape index (κ1) is 16.9. The molecule has 5 nitrogen and oxygen atoms in total. The second kappa shape index (κ2) is 7.75.